The van der Waals surface area contributed by atoms with Crippen molar-refractivity contribution in [2.24, 2.45) is 0 Å². The fourth-order valence-electron chi connectivity index (χ4n) is 3.32. The van der Waals surface area contributed by atoms with Crippen molar-refractivity contribution in [1.82, 2.24) is 4.90 Å². The minimum atomic E-state index is -0.529. The molecule has 2 amide bonds. The van der Waals surface area contributed by atoms with Crippen LogP contribution in [0.1, 0.15) is 49.9 Å². The number of likely N-dealkylation sites (tertiary alicyclic amines) is 1. The van der Waals surface area contributed by atoms with E-state index in [2.05, 4.69) is 0 Å². The zero-order chi connectivity index (χ0) is 19.6. The van der Waals surface area contributed by atoms with Crippen LogP contribution in [0.15, 0.2) is 35.0 Å². The molecule has 0 spiro atoms. The Morgan fingerprint density at radius 1 is 1.00 bits per heavy atom. The van der Waals surface area contributed by atoms with E-state index in [1.54, 1.807) is 38.1 Å². The van der Waals surface area contributed by atoms with Gasteiger partial charge in [-0.3, -0.25) is 9.59 Å². The summed E-state index contributed by atoms with van der Waals surface area (Å²) in [6.45, 7) is 4.98. The molecule has 144 valence electrons. The number of amides is 2. The third kappa shape index (κ3) is 4.00. The van der Waals surface area contributed by atoms with E-state index in [1.807, 2.05) is 4.90 Å². The zero-order valence-electron chi connectivity index (χ0n) is 15.5. The number of carbonyl (C=O) groups is 3. The van der Waals surface area contributed by atoms with Gasteiger partial charge in [0.15, 0.2) is 0 Å². The summed E-state index contributed by atoms with van der Waals surface area (Å²) in [4.78, 5) is 40.5. The van der Waals surface area contributed by atoms with Gasteiger partial charge in [-0.15, -0.1) is 0 Å². The number of esters is 1. The van der Waals surface area contributed by atoms with Crippen molar-refractivity contribution in [1.29, 1.82) is 0 Å². The van der Waals surface area contributed by atoms with Gasteiger partial charge < -0.3 is 9.64 Å². The summed E-state index contributed by atoms with van der Waals surface area (Å²) in [6, 6.07) is 6.20. The van der Waals surface area contributed by atoms with E-state index in [4.69, 9.17) is 16.3 Å². The smallest absolute Gasteiger partial charge is 0.338 e. The Balaban J connectivity index is 1.81. The summed E-state index contributed by atoms with van der Waals surface area (Å²) in [5.41, 5.74) is 1.03. The Morgan fingerprint density at radius 2 is 1.59 bits per heavy atom. The van der Waals surface area contributed by atoms with Gasteiger partial charge >= 0.3 is 5.97 Å². The van der Waals surface area contributed by atoms with Crippen molar-refractivity contribution in [2.75, 3.05) is 18.0 Å². The number of halogens is 1. The van der Waals surface area contributed by atoms with Gasteiger partial charge in [-0.1, -0.05) is 24.4 Å². The molecule has 0 radical (unpaired) electrons. The quantitative estimate of drug-likeness (QED) is 0.582. The van der Waals surface area contributed by atoms with Crippen molar-refractivity contribution >= 4 is 35.1 Å². The first-order chi connectivity index (χ1) is 12.9. The molecule has 2 heterocycles. The summed E-state index contributed by atoms with van der Waals surface area (Å²) in [5.74, 6) is -1.39. The summed E-state index contributed by atoms with van der Waals surface area (Å²) >= 11 is 6.25. The highest BCUT2D eigenvalue weighted by Crippen LogP contribution is 2.32. The monoisotopic (exact) mass is 390 g/mol. The van der Waals surface area contributed by atoms with Crippen molar-refractivity contribution < 1.29 is 19.1 Å². The minimum absolute atomic E-state index is 0.0369. The topological polar surface area (TPSA) is 66.9 Å². The molecule has 3 rings (SSSR count). The number of benzene rings is 1. The average molecular weight is 391 g/mol. The second-order valence-corrected chi connectivity index (χ2v) is 7.39. The molecule has 27 heavy (non-hydrogen) atoms. The molecule has 0 N–H and O–H groups in total. The molecule has 0 aromatic heterocycles. The van der Waals surface area contributed by atoms with Crippen LogP contribution < -0.4 is 4.90 Å². The summed E-state index contributed by atoms with van der Waals surface area (Å²) < 4.78 is 5.15. The lowest BCUT2D eigenvalue weighted by atomic mass is 10.2. The zero-order valence-corrected chi connectivity index (χ0v) is 16.3. The van der Waals surface area contributed by atoms with Gasteiger partial charge in [-0.05, 0) is 51.0 Å². The van der Waals surface area contributed by atoms with Crippen LogP contribution in [0.3, 0.4) is 0 Å². The van der Waals surface area contributed by atoms with E-state index >= 15 is 0 Å². The largest absolute Gasteiger partial charge is 0.459 e. The molecule has 0 aliphatic carbocycles. The van der Waals surface area contributed by atoms with Crippen molar-refractivity contribution in [2.45, 2.75) is 45.6 Å². The fourth-order valence-corrected chi connectivity index (χ4v) is 3.61. The van der Waals surface area contributed by atoms with Crippen molar-refractivity contribution in [3.8, 4) is 0 Å². The molecule has 1 aromatic rings. The third-order valence-corrected chi connectivity index (χ3v) is 4.97. The number of nitrogens with zero attached hydrogens (tertiary/aromatic N) is 2. The molecule has 0 saturated carbocycles. The highest BCUT2D eigenvalue weighted by atomic mass is 35.5. The van der Waals surface area contributed by atoms with E-state index in [9.17, 15) is 14.4 Å². The van der Waals surface area contributed by atoms with Crippen LogP contribution in [0.2, 0.25) is 0 Å². The first-order valence-electron chi connectivity index (χ1n) is 9.24. The molecule has 7 heteroatoms. The normalized spacial score (nSPS) is 18.4. The highest BCUT2D eigenvalue weighted by Gasteiger charge is 2.41. The number of hydrogen-bond acceptors (Lipinski definition) is 5. The molecular weight excluding hydrogens is 368 g/mol. The SMILES string of the molecule is CC(C)OC(=O)c1ccc(N2C(=O)C(Cl)=C(N3CCCCCC3)C2=O)cc1. The summed E-state index contributed by atoms with van der Waals surface area (Å²) in [5, 5.41) is -0.0369. The van der Waals surface area contributed by atoms with Gasteiger partial charge in [0.2, 0.25) is 0 Å². The van der Waals surface area contributed by atoms with Crippen LogP contribution in [-0.2, 0) is 14.3 Å². The van der Waals surface area contributed by atoms with Gasteiger partial charge in [0, 0.05) is 13.1 Å². The molecule has 0 atom stereocenters. The molecule has 1 aromatic carbocycles. The number of rotatable bonds is 4. The van der Waals surface area contributed by atoms with E-state index in [0.717, 1.165) is 43.7 Å². The van der Waals surface area contributed by atoms with Crippen LogP contribution in [0.4, 0.5) is 5.69 Å². The molecular formula is C20H23ClN2O4. The maximum Gasteiger partial charge on any atom is 0.338 e. The number of carbonyl (C=O) groups excluding carboxylic acids is 3. The van der Waals surface area contributed by atoms with Gasteiger partial charge in [0.05, 0.1) is 17.4 Å². The van der Waals surface area contributed by atoms with Crippen LogP contribution in [0.25, 0.3) is 0 Å². The Hall–Kier alpha value is -2.34. The molecule has 1 fully saturated rings. The number of anilines is 1. The van der Waals surface area contributed by atoms with Crippen LogP contribution in [0.5, 0.6) is 0 Å². The lowest BCUT2D eigenvalue weighted by Crippen LogP contribution is -2.35. The molecule has 0 bridgehead atoms. The Bertz CT molecular complexity index is 778. The van der Waals surface area contributed by atoms with Crippen molar-refractivity contribution in [3.63, 3.8) is 0 Å². The second kappa shape index (κ2) is 8.13. The fraction of sp³-hybridized carbons (Fsp3) is 0.450. The standard InChI is InChI=1S/C20H23ClN2O4/c1-13(2)27-20(26)14-7-9-15(10-8-14)23-18(24)16(21)17(19(23)25)22-11-5-3-4-6-12-22/h7-10,13H,3-6,11-12H2,1-2H3. The van der Waals surface area contributed by atoms with Crippen molar-refractivity contribution in [3.05, 3.63) is 40.6 Å². The first-order valence-corrected chi connectivity index (χ1v) is 9.62. The van der Waals surface area contributed by atoms with Gasteiger partial charge in [0.25, 0.3) is 11.8 Å². The maximum absolute atomic E-state index is 12.9. The third-order valence-electron chi connectivity index (χ3n) is 4.63. The molecule has 2 aliphatic rings. The summed E-state index contributed by atoms with van der Waals surface area (Å²) in [7, 11) is 0. The van der Waals surface area contributed by atoms with E-state index in [0.29, 0.717) is 11.3 Å². The van der Waals surface area contributed by atoms with E-state index in [-0.39, 0.29) is 16.8 Å². The Kier molecular flexibility index (Phi) is 5.85. The minimum Gasteiger partial charge on any atom is -0.459 e. The summed E-state index contributed by atoms with van der Waals surface area (Å²) in [6.07, 6.45) is 3.95. The highest BCUT2D eigenvalue weighted by molar-refractivity contribution is 6.52. The molecule has 2 aliphatic heterocycles. The average Bonchev–Trinajstić information content (AvgIpc) is 2.82. The van der Waals surface area contributed by atoms with E-state index in [1.165, 1.54) is 0 Å². The first kappa shape index (κ1) is 19.4. The number of imide groups is 1. The van der Waals surface area contributed by atoms with Crippen LogP contribution in [-0.4, -0.2) is 41.9 Å². The van der Waals surface area contributed by atoms with Gasteiger partial charge in [0.1, 0.15) is 10.7 Å². The van der Waals surface area contributed by atoms with Gasteiger partial charge in [-0.2, -0.15) is 0 Å². The molecule has 0 unspecified atom stereocenters. The molecule has 1 saturated heterocycles. The number of ether oxygens (including phenoxy) is 1. The lowest BCUT2D eigenvalue weighted by Gasteiger charge is -2.23. The number of hydrogen-bond donors (Lipinski definition) is 0. The van der Waals surface area contributed by atoms with Gasteiger partial charge in [-0.25, -0.2) is 9.69 Å². The van der Waals surface area contributed by atoms with Crippen LogP contribution >= 0.6 is 11.6 Å². The second-order valence-electron chi connectivity index (χ2n) is 7.01. The lowest BCUT2D eigenvalue weighted by molar-refractivity contribution is -0.121. The maximum atomic E-state index is 12.9. The van der Waals surface area contributed by atoms with E-state index < -0.39 is 17.8 Å². The predicted molar refractivity (Wildman–Crippen MR) is 102 cm³/mol. The molecule has 6 nitrogen and oxygen atoms in total. The Labute approximate surface area is 163 Å². The Morgan fingerprint density at radius 3 is 2.15 bits per heavy atom. The van der Waals surface area contributed by atoms with Crippen LogP contribution in [0, 0.1) is 0 Å². The predicted octanol–water partition coefficient (Wildman–Crippen LogP) is 3.45.